The van der Waals surface area contributed by atoms with Crippen LogP contribution < -0.4 is 0 Å². The first-order chi connectivity index (χ1) is 7.79. The van der Waals surface area contributed by atoms with Crippen molar-refractivity contribution < 1.29 is 16.5 Å². The summed E-state index contributed by atoms with van der Waals surface area (Å²) in [5, 5.41) is 0. The molecule has 0 aliphatic carbocycles. The Kier molecular flexibility index (Phi) is 4.66. The zero-order valence-corrected chi connectivity index (χ0v) is 14.6. The molecule has 16 heavy (non-hydrogen) atoms. The number of hydrogen-bond donors (Lipinski definition) is 0. The quantitative estimate of drug-likeness (QED) is 0.649. The summed E-state index contributed by atoms with van der Waals surface area (Å²) in [6.45, 7) is 2.11. The van der Waals surface area contributed by atoms with E-state index in [0.717, 1.165) is 6.04 Å². The molecule has 0 unspecified atom stereocenters. The summed E-state index contributed by atoms with van der Waals surface area (Å²) in [6.07, 6.45) is 0. The number of rotatable bonds is 2. The van der Waals surface area contributed by atoms with Crippen LogP contribution in [0.2, 0.25) is 6.55 Å². The van der Waals surface area contributed by atoms with Crippen LogP contribution in [0.15, 0.2) is 30.3 Å². The third-order valence-corrected chi connectivity index (χ3v) is 12.0. The van der Waals surface area contributed by atoms with Gasteiger partial charge in [-0.3, -0.25) is 0 Å². The molecule has 0 atom stereocenters. The van der Waals surface area contributed by atoms with Gasteiger partial charge in [-0.2, -0.15) is 0 Å². The maximum atomic E-state index is 5.90. The van der Waals surface area contributed by atoms with Gasteiger partial charge in [-0.25, -0.2) is 0 Å². The second kappa shape index (κ2) is 6.02. The highest BCUT2D eigenvalue weighted by Crippen LogP contribution is 2.15. The third kappa shape index (κ3) is 3.75. The summed E-state index contributed by atoms with van der Waals surface area (Å²) in [5.74, 6) is 0. The summed E-state index contributed by atoms with van der Waals surface area (Å²) < 4.78 is 22.7. The molecule has 88 valence electrons. The second-order valence-corrected chi connectivity index (χ2v) is 12.8. The number of hydrogen-bond acceptors (Lipinski definition) is 4. The molecular formula is C8H16O4Si4. The molecule has 1 saturated heterocycles. The van der Waals surface area contributed by atoms with E-state index in [1.807, 2.05) is 18.2 Å². The maximum absolute atomic E-state index is 5.90. The van der Waals surface area contributed by atoms with Crippen LogP contribution in [0, 0.1) is 0 Å². The molecule has 0 N–H and O–H groups in total. The second-order valence-electron chi connectivity index (χ2n) is 3.85. The normalized spacial score (nSPS) is 31.6. The van der Waals surface area contributed by atoms with Crippen molar-refractivity contribution >= 4 is 38.6 Å². The Morgan fingerprint density at radius 2 is 1.62 bits per heavy atom. The van der Waals surface area contributed by atoms with Crippen molar-refractivity contribution in [1.82, 2.24) is 0 Å². The fourth-order valence-electron chi connectivity index (χ4n) is 1.57. The lowest BCUT2D eigenvalue weighted by atomic mass is 10.2. The minimum absolute atomic E-state index is 0.772. The first-order valence-corrected chi connectivity index (χ1v) is 11.2. The largest absolute Gasteiger partial charge is 0.425 e. The van der Waals surface area contributed by atoms with E-state index in [1.165, 1.54) is 5.56 Å². The lowest BCUT2D eigenvalue weighted by Gasteiger charge is -2.29. The standard InChI is InChI=1S/C8H16O4Si4/c1-16(7-8-5-3-2-4-6-8)11-14-9-13-10-15-12-16/h2-6H,7,13-15H2,1H3. The molecule has 1 aromatic rings. The molecule has 1 aromatic carbocycles. The van der Waals surface area contributed by atoms with Crippen LogP contribution in [-0.2, 0) is 22.5 Å². The van der Waals surface area contributed by atoms with Crippen molar-refractivity contribution in [3.8, 4) is 0 Å². The van der Waals surface area contributed by atoms with E-state index in [-0.39, 0.29) is 0 Å². The molecule has 1 aliphatic heterocycles. The summed E-state index contributed by atoms with van der Waals surface area (Å²) in [6, 6.07) is 11.2. The minimum atomic E-state index is -2.06. The zero-order chi connectivity index (χ0) is 11.3. The Labute approximate surface area is 104 Å². The van der Waals surface area contributed by atoms with E-state index in [0.29, 0.717) is 0 Å². The molecule has 0 aromatic heterocycles. The SMILES string of the molecule is C[Si]1(Cc2ccccc2)O[SiH2]O[SiH2]O[SiH2]O1. The Morgan fingerprint density at radius 1 is 1.00 bits per heavy atom. The van der Waals surface area contributed by atoms with Crippen LogP contribution in [0.3, 0.4) is 0 Å². The van der Waals surface area contributed by atoms with Gasteiger partial charge in [0.25, 0.3) is 30.0 Å². The molecule has 8 heteroatoms. The molecular weight excluding hydrogens is 272 g/mol. The Bertz CT molecular complexity index is 315. The van der Waals surface area contributed by atoms with Gasteiger partial charge in [-0.1, -0.05) is 30.3 Å². The van der Waals surface area contributed by atoms with Crippen LogP contribution in [0.5, 0.6) is 0 Å². The molecule has 4 nitrogen and oxygen atoms in total. The molecule has 0 spiro atoms. The van der Waals surface area contributed by atoms with Gasteiger partial charge in [0.05, 0.1) is 0 Å². The van der Waals surface area contributed by atoms with Crippen molar-refractivity contribution in [2.75, 3.05) is 0 Å². The van der Waals surface area contributed by atoms with E-state index in [1.54, 1.807) is 0 Å². The molecule has 0 amide bonds. The monoisotopic (exact) mass is 288 g/mol. The van der Waals surface area contributed by atoms with Crippen molar-refractivity contribution in [1.29, 1.82) is 0 Å². The van der Waals surface area contributed by atoms with Crippen molar-refractivity contribution in [2.45, 2.75) is 12.6 Å². The third-order valence-electron chi connectivity index (χ3n) is 2.43. The molecule has 0 radical (unpaired) electrons. The van der Waals surface area contributed by atoms with E-state index < -0.39 is 38.6 Å². The van der Waals surface area contributed by atoms with Gasteiger partial charge in [0.1, 0.15) is 0 Å². The maximum Gasteiger partial charge on any atom is 0.321 e. The van der Waals surface area contributed by atoms with Crippen LogP contribution in [0.1, 0.15) is 5.56 Å². The first-order valence-electron chi connectivity index (χ1n) is 5.26. The lowest BCUT2D eigenvalue weighted by Crippen LogP contribution is -2.46. The van der Waals surface area contributed by atoms with Gasteiger partial charge in [-0.15, -0.1) is 0 Å². The molecule has 0 bridgehead atoms. The highest BCUT2D eigenvalue weighted by atomic mass is 28.5. The topological polar surface area (TPSA) is 36.9 Å². The predicted molar refractivity (Wildman–Crippen MR) is 71.7 cm³/mol. The van der Waals surface area contributed by atoms with Crippen molar-refractivity contribution in [2.24, 2.45) is 0 Å². The Balaban J connectivity index is 1.99. The van der Waals surface area contributed by atoms with Crippen LogP contribution in [0.4, 0.5) is 0 Å². The van der Waals surface area contributed by atoms with Crippen molar-refractivity contribution in [3.63, 3.8) is 0 Å². The summed E-state index contributed by atoms with van der Waals surface area (Å²) in [7, 11) is -4.58. The molecule has 2 rings (SSSR count). The Hall–Kier alpha value is -0.0725. The highest BCUT2D eigenvalue weighted by molar-refractivity contribution is 6.74. The Morgan fingerprint density at radius 3 is 2.25 bits per heavy atom. The lowest BCUT2D eigenvalue weighted by molar-refractivity contribution is 0.309. The highest BCUT2D eigenvalue weighted by Gasteiger charge is 2.32. The van der Waals surface area contributed by atoms with Gasteiger partial charge >= 0.3 is 8.56 Å². The molecule has 1 heterocycles. The van der Waals surface area contributed by atoms with E-state index in [9.17, 15) is 0 Å². The average molecular weight is 289 g/mol. The van der Waals surface area contributed by atoms with Gasteiger partial charge in [0, 0.05) is 6.04 Å². The molecule has 0 saturated carbocycles. The average Bonchev–Trinajstić information content (AvgIpc) is 2.26. The van der Waals surface area contributed by atoms with Crippen LogP contribution in [-0.4, -0.2) is 38.6 Å². The van der Waals surface area contributed by atoms with Crippen LogP contribution in [0.25, 0.3) is 0 Å². The smallest absolute Gasteiger partial charge is 0.321 e. The van der Waals surface area contributed by atoms with Crippen LogP contribution >= 0.6 is 0 Å². The fourth-order valence-corrected chi connectivity index (χ4v) is 10.7. The molecule has 1 aliphatic rings. The zero-order valence-electron chi connectivity index (χ0n) is 9.35. The summed E-state index contributed by atoms with van der Waals surface area (Å²) in [4.78, 5) is 0. The van der Waals surface area contributed by atoms with Gasteiger partial charge in [0.15, 0.2) is 0 Å². The minimum Gasteiger partial charge on any atom is -0.425 e. The van der Waals surface area contributed by atoms with E-state index >= 15 is 0 Å². The van der Waals surface area contributed by atoms with E-state index in [2.05, 4.69) is 18.7 Å². The molecule has 1 fully saturated rings. The summed E-state index contributed by atoms with van der Waals surface area (Å²) in [5.41, 5.74) is 1.28. The van der Waals surface area contributed by atoms with E-state index in [4.69, 9.17) is 16.5 Å². The van der Waals surface area contributed by atoms with Crippen molar-refractivity contribution in [3.05, 3.63) is 35.9 Å². The first kappa shape index (κ1) is 12.4. The van der Waals surface area contributed by atoms with Gasteiger partial charge < -0.3 is 16.5 Å². The van der Waals surface area contributed by atoms with Gasteiger partial charge in [0.2, 0.25) is 0 Å². The summed E-state index contributed by atoms with van der Waals surface area (Å²) >= 11 is 0. The number of benzene rings is 1. The fraction of sp³-hybridized carbons (Fsp3) is 0.250. The predicted octanol–water partition coefficient (Wildman–Crippen LogP) is -1.08. The van der Waals surface area contributed by atoms with Gasteiger partial charge in [-0.05, 0) is 12.1 Å².